The summed E-state index contributed by atoms with van der Waals surface area (Å²) < 4.78 is 10.9. The summed E-state index contributed by atoms with van der Waals surface area (Å²) in [6.45, 7) is 0. The summed E-state index contributed by atoms with van der Waals surface area (Å²) in [4.78, 5) is 11.8. The van der Waals surface area contributed by atoms with Crippen molar-refractivity contribution in [2.45, 2.75) is 23.9 Å². The van der Waals surface area contributed by atoms with Crippen LogP contribution in [-0.2, 0) is 25.5 Å². The quantitative estimate of drug-likeness (QED) is 0.676. The molecule has 0 aromatic heterocycles. The number of aliphatic hydroxyl groups is 1. The van der Waals surface area contributed by atoms with E-state index in [0.29, 0.717) is 5.56 Å². The molecule has 0 radical (unpaired) electrons. The lowest BCUT2D eigenvalue weighted by atomic mass is 9.73. The van der Waals surface area contributed by atoms with Crippen LogP contribution in [0.2, 0.25) is 0 Å². The topological polar surface area (TPSA) is 59.1 Å². The van der Waals surface area contributed by atoms with Crippen LogP contribution in [0.3, 0.4) is 0 Å². The normalized spacial score (nSPS) is 34.0. The van der Waals surface area contributed by atoms with Crippen molar-refractivity contribution in [3.8, 4) is 0 Å². The molecular formula is C17H14O4. The first-order valence-corrected chi connectivity index (χ1v) is 6.87. The molecule has 4 heteroatoms. The number of hydrogen-bond acceptors (Lipinski definition) is 4. The van der Waals surface area contributed by atoms with Crippen molar-refractivity contribution in [2.24, 2.45) is 0 Å². The molecule has 0 amide bonds. The Balaban J connectivity index is 1.89. The molecule has 0 spiro atoms. The molecule has 2 aliphatic heterocycles. The zero-order chi connectivity index (χ0) is 14.5. The van der Waals surface area contributed by atoms with Crippen molar-refractivity contribution in [1.29, 1.82) is 0 Å². The third kappa shape index (κ3) is 1.60. The standard InChI is InChI=1S/C17H14O4/c18-14-11-16(19,12-7-3-1-4-8-12)17(15(20-14)21-17)13-9-5-2-6-10-13/h1-10,15,19H,11H2. The Bertz CT molecular complexity index is 684. The Hall–Kier alpha value is -2.17. The van der Waals surface area contributed by atoms with E-state index < -0.39 is 23.5 Å². The lowest BCUT2D eigenvalue weighted by Crippen LogP contribution is -2.48. The average Bonchev–Trinajstić information content (AvgIpc) is 3.25. The van der Waals surface area contributed by atoms with Gasteiger partial charge in [-0.1, -0.05) is 60.7 Å². The first kappa shape index (κ1) is 12.6. The number of carbonyl (C=O) groups is 1. The summed E-state index contributed by atoms with van der Waals surface area (Å²) >= 11 is 0. The molecule has 2 aromatic carbocycles. The van der Waals surface area contributed by atoms with Gasteiger partial charge in [-0.25, -0.2) is 0 Å². The van der Waals surface area contributed by atoms with Gasteiger partial charge in [-0.05, 0) is 11.1 Å². The summed E-state index contributed by atoms with van der Waals surface area (Å²) in [5.41, 5.74) is -0.957. The van der Waals surface area contributed by atoms with Crippen LogP contribution in [0.15, 0.2) is 60.7 Å². The van der Waals surface area contributed by atoms with Crippen molar-refractivity contribution >= 4 is 5.97 Å². The van der Waals surface area contributed by atoms with Gasteiger partial charge in [0, 0.05) is 0 Å². The molecule has 0 bridgehead atoms. The van der Waals surface area contributed by atoms with Crippen molar-refractivity contribution < 1.29 is 19.4 Å². The van der Waals surface area contributed by atoms with Gasteiger partial charge in [0.05, 0.1) is 6.42 Å². The maximum Gasteiger partial charge on any atom is 0.311 e. The van der Waals surface area contributed by atoms with Gasteiger partial charge in [-0.2, -0.15) is 0 Å². The van der Waals surface area contributed by atoms with E-state index in [1.807, 2.05) is 60.7 Å². The molecule has 4 nitrogen and oxygen atoms in total. The second-order valence-corrected chi connectivity index (χ2v) is 5.44. The van der Waals surface area contributed by atoms with E-state index in [4.69, 9.17) is 9.47 Å². The minimum atomic E-state index is -1.42. The zero-order valence-electron chi connectivity index (χ0n) is 11.2. The lowest BCUT2D eigenvalue weighted by Gasteiger charge is -2.36. The van der Waals surface area contributed by atoms with E-state index in [2.05, 4.69) is 0 Å². The van der Waals surface area contributed by atoms with E-state index in [9.17, 15) is 9.90 Å². The maximum absolute atomic E-state index is 11.8. The minimum absolute atomic E-state index is 0.123. The monoisotopic (exact) mass is 282 g/mol. The fourth-order valence-corrected chi connectivity index (χ4v) is 3.19. The van der Waals surface area contributed by atoms with Crippen LogP contribution >= 0.6 is 0 Å². The second kappa shape index (κ2) is 4.16. The van der Waals surface area contributed by atoms with Crippen LogP contribution in [0.4, 0.5) is 0 Å². The van der Waals surface area contributed by atoms with Crippen molar-refractivity contribution in [1.82, 2.24) is 0 Å². The SMILES string of the molecule is O=C1CC(O)(c2ccccc2)C2(c3ccccc3)OC2O1. The molecule has 106 valence electrons. The molecule has 2 saturated heterocycles. The summed E-state index contributed by atoms with van der Waals surface area (Å²) in [6.07, 6.45) is -0.853. The predicted octanol–water partition coefficient (Wildman–Crippen LogP) is 2.07. The number of rotatable bonds is 2. The summed E-state index contributed by atoms with van der Waals surface area (Å²) in [7, 11) is 0. The number of ether oxygens (including phenoxy) is 2. The highest BCUT2D eigenvalue weighted by Gasteiger charge is 2.76. The molecule has 3 atom stereocenters. The maximum atomic E-state index is 11.8. The molecule has 2 fully saturated rings. The molecule has 0 saturated carbocycles. The molecular weight excluding hydrogens is 268 g/mol. The summed E-state index contributed by atoms with van der Waals surface area (Å²) in [6, 6.07) is 18.6. The largest absolute Gasteiger partial charge is 0.432 e. The molecule has 3 unspecified atom stereocenters. The smallest absolute Gasteiger partial charge is 0.311 e. The van der Waals surface area contributed by atoms with Crippen LogP contribution in [-0.4, -0.2) is 17.4 Å². The molecule has 1 N–H and O–H groups in total. The molecule has 21 heavy (non-hydrogen) atoms. The number of hydrogen-bond donors (Lipinski definition) is 1. The molecule has 2 aliphatic rings. The number of carbonyl (C=O) groups excluding carboxylic acids is 1. The van der Waals surface area contributed by atoms with E-state index in [1.165, 1.54) is 0 Å². The Morgan fingerprint density at radius 2 is 1.52 bits per heavy atom. The Morgan fingerprint density at radius 3 is 2.14 bits per heavy atom. The highest BCUT2D eigenvalue weighted by atomic mass is 16.8. The summed E-state index contributed by atoms with van der Waals surface area (Å²) in [5.74, 6) is -0.449. The van der Waals surface area contributed by atoms with Crippen molar-refractivity contribution in [3.05, 3.63) is 71.8 Å². The van der Waals surface area contributed by atoms with Crippen LogP contribution in [0, 0.1) is 0 Å². The van der Waals surface area contributed by atoms with Gasteiger partial charge in [0.1, 0.15) is 5.60 Å². The van der Waals surface area contributed by atoms with Gasteiger partial charge < -0.3 is 14.6 Å². The number of benzene rings is 2. The van der Waals surface area contributed by atoms with Crippen LogP contribution in [0.25, 0.3) is 0 Å². The molecule has 2 heterocycles. The molecule has 4 rings (SSSR count). The fraction of sp³-hybridized carbons (Fsp3) is 0.235. The van der Waals surface area contributed by atoms with Gasteiger partial charge in [-0.15, -0.1) is 0 Å². The highest BCUT2D eigenvalue weighted by Crippen LogP contribution is 2.62. The van der Waals surface area contributed by atoms with Crippen LogP contribution in [0.1, 0.15) is 17.5 Å². The average molecular weight is 282 g/mol. The van der Waals surface area contributed by atoms with E-state index >= 15 is 0 Å². The summed E-state index contributed by atoms with van der Waals surface area (Å²) in [5, 5.41) is 11.3. The van der Waals surface area contributed by atoms with Gasteiger partial charge in [-0.3, -0.25) is 4.79 Å². The van der Waals surface area contributed by atoms with E-state index in [1.54, 1.807) is 0 Å². The van der Waals surface area contributed by atoms with E-state index in [0.717, 1.165) is 5.56 Å². The first-order chi connectivity index (χ1) is 10.2. The fourth-order valence-electron chi connectivity index (χ4n) is 3.19. The zero-order valence-corrected chi connectivity index (χ0v) is 11.2. The van der Waals surface area contributed by atoms with Crippen molar-refractivity contribution in [3.63, 3.8) is 0 Å². The Labute approximate surface area is 121 Å². The van der Waals surface area contributed by atoms with Crippen LogP contribution in [0.5, 0.6) is 0 Å². The number of esters is 1. The minimum Gasteiger partial charge on any atom is -0.432 e. The molecule has 0 aliphatic carbocycles. The number of fused-ring (bicyclic) bond motifs is 1. The Morgan fingerprint density at radius 1 is 0.952 bits per heavy atom. The molecule has 2 aromatic rings. The first-order valence-electron chi connectivity index (χ1n) is 6.87. The van der Waals surface area contributed by atoms with Crippen LogP contribution < -0.4 is 0 Å². The second-order valence-electron chi connectivity index (χ2n) is 5.44. The van der Waals surface area contributed by atoms with E-state index in [-0.39, 0.29) is 6.42 Å². The highest BCUT2D eigenvalue weighted by molar-refractivity contribution is 5.74. The predicted molar refractivity (Wildman–Crippen MR) is 74.0 cm³/mol. The van der Waals surface area contributed by atoms with Gasteiger partial charge in [0.25, 0.3) is 0 Å². The van der Waals surface area contributed by atoms with Gasteiger partial charge in [0.2, 0.25) is 6.29 Å². The lowest BCUT2D eigenvalue weighted by molar-refractivity contribution is -0.165. The Kier molecular flexibility index (Phi) is 2.49. The van der Waals surface area contributed by atoms with Crippen molar-refractivity contribution in [2.75, 3.05) is 0 Å². The van der Waals surface area contributed by atoms with Gasteiger partial charge >= 0.3 is 5.97 Å². The number of epoxide rings is 1. The van der Waals surface area contributed by atoms with Gasteiger partial charge in [0.15, 0.2) is 5.60 Å². The third-order valence-electron chi connectivity index (χ3n) is 4.27. The third-order valence-corrected chi connectivity index (χ3v) is 4.27.